The van der Waals surface area contributed by atoms with Crippen LogP contribution in [0.5, 0.6) is 5.75 Å². The maximum Gasteiger partial charge on any atom is 0.316 e. The molecule has 0 aliphatic carbocycles. The van der Waals surface area contributed by atoms with E-state index in [0.717, 1.165) is 33.7 Å². The molecule has 1 aromatic carbocycles. The number of anilines is 2. The molecular formula is C17H22N4O6S3. The second kappa shape index (κ2) is 10.6. The molecule has 0 saturated heterocycles. The monoisotopic (exact) mass is 474 g/mol. The third-order valence-electron chi connectivity index (χ3n) is 3.67. The lowest BCUT2D eigenvalue weighted by Crippen LogP contribution is -2.45. The number of carbonyl (C=O) groups excluding carboxylic acids is 2. The fraction of sp³-hybridized carbons (Fsp3) is 0.412. The molecular weight excluding hydrogens is 452 g/mol. The van der Waals surface area contributed by atoms with E-state index in [1.165, 1.54) is 14.0 Å². The first-order valence-corrected chi connectivity index (χ1v) is 12.4. The van der Waals surface area contributed by atoms with Crippen LogP contribution in [0.1, 0.15) is 13.8 Å². The molecule has 0 bridgehead atoms. The van der Waals surface area contributed by atoms with Crippen molar-refractivity contribution in [3.05, 3.63) is 24.3 Å². The molecule has 2 aromatic rings. The van der Waals surface area contributed by atoms with Gasteiger partial charge < -0.3 is 9.47 Å². The predicted octanol–water partition coefficient (Wildman–Crippen LogP) is 2.00. The van der Waals surface area contributed by atoms with Crippen LogP contribution >= 0.6 is 23.1 Å². The zero-order valence-corrected chi connectivity index (χ0v) is 19.3. The van der Waals surface area contributed by atoms with Gasteiger partial charge in [-0.1, -0.05) is 23.1 Å². The summed E-state index contributed by atoms with van der Waals surface area (Å²) in [5.41, 5.74) is 0.329. The van der Waals surface area contributed by atoms with Gasteiger partial charge >= 0.3 is 5.97 Å². The van der Waals surface area contributed by atoms with Gasteiger partial charge in [-0.2, -0.15) is 0 Å². The lowest BCUT2D eigenvalue weighted by molar-refractivity contribution is -0.137. The van der Waals surface area contributed by atoms with Crippen LogP contribution < -0.4 is 14.4 Å². The fourth-order valence-corrected chi connectivity index (χ4v) is 5.13. The summed E-state index contributed by atoms with van der Waals surface area (Å²) in [7, 11) is -2.47. The third-order valence-corrected chi connectivity index (χ3v) is 6.86. The van der Waals surface area contributed by atoms with Gasteiger partial charge in [-0.15, -0.1) is 10.2 Å². The normalized spacial score (nSPS) is 12.1. The summed E-state index contributed by atoms with van der Waals surface area (Å²) >= 11 is 2.19. The second-order valence-electron chi connectivity index (χ2n) is 5.89. The molecule has 1 N–H and O–H groups in total. The topological polar surface area (TPSA) is 128 Å². The van der Waals surface area contributed by atoms with Gasteiger partial charge in [0, 0.05) is 0 Å². The lowest BCUT2D eigenvalue weighted by Gasteiger charge is -2.28. The fourth-order valence-electron chi connectivity index (χ4n) is 2.37. The summed E-state index contributed by atoms with van der Waals surface area (Å²) in [4.78, 5) is 23.9. The number of benzene rings is 1. The van der Waals surface area contributed by atoms with Gasteiger partial charge in [0.1, 0.15) is 11.8 Å². The first-order valence-electron chi connectivity index (χ1n) is 8.72. The van der Waals surface area contributed by atoms with E-state index in [-0.39, 0.29) is 10.9 Å². The number of amides is 1. The van der Waals surface area contributed by atoms with Gasteiger partial charge in [-0.25, -0.2) is 8.42 Å². The SMILES string of the molecule is CCOc1ccc(N([C@H](C)C(=O)Nc2nnc(SCC(=O)OC)s2)S(C)(=O)=O)cc1. The van der Waals surface area contributed by atoms with E-state index in [4.69, 9.17) is 4.74 Å². The van der Waals surface area contributed by atoms with Crippen molar-refractivity contribution < 1.29 is 27.5 Å². The molecule has 0 fully saturated rings. The zero-order chi connectivity index (χ0) is 22.3. The van der Waals surface area contributed by atoms with E-state index in [9.17, 15) is 18.0 Å². The van der Waals surface area contributed by atoms with Crippen LogP contribution in [-0.4, -0.2) is 62.3 Å². The van der Waals surface area contributed by atoms with Crippen molar-refractivity contribution in [2.75, 3.05) is 35.3 Å². The summed E-state index contributed by atoms with van der Waals surface area (Å²) in [6, 6.07) is 5.37. The molecule has 0 saturated carbocycles. The number of esters is 1. The Hall–Kier alpha value is -2.38. The Balaban J connectivity index is 2.12. The van der Waals surface area contributed by atoms with Crippen LogP contribution in [0.15, 0.2) is 28.6 Å². The van der Waals surface area contributed by atoms with Gasteiger partial charge in [-0.3, -0.25) is 19.2 Å². The number of sulfonamides is 1. The van der Waals surface area contributed by atoms with Crippen molar-refractivity contribution in [3.8, 4) is 5.75 Å². The Morgan fingerprint density at radius 2 is 1.93 bits per heavy atom. The highest BCUT2D eigenvalue weighted by Crippen LogP contribution is 2.27. The number of hydrogen-bond donors (Lipinski definition) is 1. The minimum absolute atomic E-state index is 0.0646. The Bertz CT molecular complexity index is 978. The minimum Gasteiger partial charge on any atom is -0.494 e. The number of nitrogens with zero attached hydrogens (tertiary/aromatic N) is 3. The number of methoxy groups -OCH3 is 1. The predicted molar refractivity (Wildman–Crippen MR) is 116 cm³/mol. The number of thioether (sulfide) groups is 1. The van der Waals surface area contributed by atoms with Crippen LogP contribution in [0.4, 0.5) is 10.8 Å². The molecule has 10 nitrogen and oxygen atoms in total. The van der Waals surface area contributed by atoms with Crippen LogP contribution in [0.25, 0.3) is 0 Å². The highest BCUT2D eigenvalue weighted by atomic mass is 32.2. The summed E-state index contributed by atoms with van der Waals surface area (Å²) in [5.74, 6) is -0.323. The Labute approximate surface area is 183 Å². The van der Waals surface area contributed by atoms with Crippen LogP contribution in [0.2, 0.25) is 0 Å². The van der Waals surface area contributed by atoms with E-state index in [1.54, 1.807) is 24.3 Å². The van der Waals surface area contributed by atoms with Crippen molar-refractivity contribution in [2.24, 2.45) is 0 Å². The first kappa shape index (κ1) is 23.9. The summed E-state index contributed by atoms with van der Waals surface area (Å²) in [6.07, 6.45) is 1.03. The Morgan fingerprint density at radius 1 is 1.27 bits per heavy atom. The molecule has 0 aliphatic heterocycles. The van der Waals surface area contributed by atoms with Crippen molar-refractivity contribution in [1.82, 2.24) is 10.2 Å². The van der Waals surface area contributed by atoms with E-state index < -0.39 is 27.9 Å². The van der Waals surface area contributed by atoms with Crippen molar-refractivity contribution in [2.45, 2.75) is 24.2 Å². The number of ether oxygens (including phenoxy) is 2. The third kappa shape index (κ3) is 6.57. The summed E-state index contributed by atoms with van der Waals surface area (Å²) in [5, 5.41) is 10.5. The van der Waals surface area contributed by atoms with Crippen LogP contribution in [-0.2, 0) is 24.3 Å². The van der Waals surface area contributed by atoms with E-state index in [1.807, 2.05) is 6.92 Å². The molecule has 1 amide bonds. The molecule has 1 heterocycles. The average Bonchev–Trinajstić information content (AvgIpc) is 3.14. The Kier molecular flexibility index (Phi) is 8.43. The zero-order valence-electron chi connectivity index (χ0n) is 16.8. The first-order chi connectivity index (χ1) is 14.2. The Morgan fingerprint density at radius 3 is 2.50 bits per heavy atom. The van der Waals surface area contributed by atoms with Crippen molar-refractivity contribution >= 4 is 55.8 Å². The highest BCUT2D eigenvalue weighted by Gasteiger charge is 2.29. The largest absolute Gasteiger partial charge is 0.494 e. The van der Waals surface area contributed by atoms with Gasteiger partial charge in [0.25, 0.3) is 0 Å². The number of nitrogens with one attached hydrogen (secondary N) is 1. The number of carbonyl (C=O) groups is 2. The van der Waals surface area contributed by atoms with Crippen molar-refractivity contribution in [1.29, 1.82) is 0 Å². The van der Waals surface area contributed by atoms with Crippen LogP contribution in [0, 0.1) is 0 Å². The average molecular weight is 475 g/mol. The number of aromatic nitrogens is 2. The summed E-state index contributed by atoms with van der Waals surface area (Å²) in [6.45, 7) is 3.80. The van der Waals surface area contributed by atoms with E-state index in [0.29, 0.717) is 22.4 Å². The number of hydrogen-bond acceptors (Lipinski definition) is 10. The van der Waals surface area contributed by atoms with Gasteiger partial charge in [-0.05, 0) is 38.1 Å². The molecule has 0 unspecified atom stereocenters. The van der Waals surface area contributed by atoms with Gasteiger partial charge in [0.2, 0.25) is 21.1 Å². The quantitative estimate of drug-likeness (QED) is 0.312. The molecule has 2 rings (SSSR count). The lowest BCUT2D eigenvalue weighted by atomic mass is 10.2. The van der Waals surface area contributed by atoms with E-state index >= 15 is 0 Å². The molecule has 0 radical (unpaired) electrons. The van der Waals surface area contributed by atoms with Gasteiger partial charge in [0.05, 0.1) is 31.4 Å². The molecule has 30 heavy (non-hydrogen) atoms. The summed E-state index contributed by atoms with van der Waals surface area (Å²) < 4.78 is 36.1. The smallest absolute Gasteiger partial charge is 0.316 e. The van der Waals surface area contributed by atoms with Crippen molar-refractivity contribution in [3.63, 3.8) is 0 Å². The molecule has 1 aromatic heterocycles. The second-order valence-corrected chi connectivity index (χ2v) is 9.95. The minimum atomic E-state index is -3.75. The standard InChI is InChI=1S/C17H22N4O6S3/c1-5-27-13-8-6-12(7-9-13)21(30(4,24)25)11(2)15(23)18-16-19-20-17(29-16)28-10-14(22)26-3/h6-9,11H,5,10H2,1-4H3,(H,18,19,23)/t11-/m1/s1. The van der Waals surface area contributed by atoms with Crippen LogP contribution in [0.3, 0.4) is 0 Å². The molecule has 1 atom stereocenters. The molecule has 13 heteroatoms. The maximum absolute atomic E-state index is 12.7. The number of rotatable bonds is 10. The molecule has 0 aliphatic rings. The van der Waals surface area contributed by atoms with E-state index in [2.05, 4.69) is 20.3 Å². The molecule has 164 valence electrons. The highest BCUT2D eigenvalue weighted by molar-refractivity contribution is 8.01. The van der Waals surface area contributed by atoms with Gasteiger partial charge in [0.15, 0.2) is 4.34 Å². The molecule has 0 spiro atoms. The maximum atomic E-state index is 12.7.